The van der Waals surface area contributed by atoms with Crippen molar-refractivity contribution in [2.24, 2.45) is 5.92 Å². The number of esters is 1. The molecule has 5 nitrogen and oxygen atoms in total. The van der Waals surface area contributed by atoms with Crippen LogP contribution in [0.2, 0.25) is 0 Å². The van der Waals surface area contributed by atoms with Gasteiger partial charge in [-0.1, -0.05) is 11.6 Å². The van der Waals surface area contributed by atoms with Crippen LogP contribution in [-0.2, 0) is 19.0 Å². The van der Waals surface area contributed by atoms with Crippen LogP contribution >= 0.6 is 11.6 Å². The van der Waals surface area contributed by atoms with E-state index in [0.29, 0.717) is 5.03 Å². The van der Waals surface area contributed by atoms with Gasteiger partial charge in [-0.05, 0) is 6.08 Å². The third-order valence-corrected chi connectivity index (χ3v) is 2.91. The molecular weight excluding hydrogens is 212 g/mol. The van der Waals surface area contributed by atoms with Gasteiger partial charge in [-0.3, -0.25) is 4.79 Å². The molecule has 2 fully saturated rings. The first kappa shape index (κ1) is 8.11. The number of hydrogen-bond donors (Lipinski definition) is 0. The zero-order valence-electron chi connectivity index (χ0n) is 6.81. The molecule has 3 heterocycles. The molecule has 0 aromatic rings. The molecule has 0 aromatic heterocycles. The normalized spacial score (nSPS) is 43.6. The van der Waals surface area contributed by atoms with Crippen molar-refractivity contribution < 1.29 is 23.8 Å². The van der Waals surface area contributed by atoms with Crippen LogP contribution in [0.4, 0.5) is 4.79 Å². The fourth-order valence-corrected chi connectivity index (χ4v) is 2.25. The predicted octanol–water partition coefficient (Wildman–Crippen LogP) is 0.568. The Balaban J connectivity index is 2.04. The van der Waals surface area contributed by atoms with Gasteiger partial charge in [0, 0.05) is 0 Å². The van der Waals surface area contributed by atoms with Crippen LogP contribution in [-0.4, -0.2) is 30.4 Å². The number of fused-ring (bicyclic) bond motifs is 1. The van der Waals surface area contributed by atoms with Gasteiger partial charge in [0.2, 0.25) is 0 Å². The predicted molar refractivity (Wildman–Crippen MR) is 42.4 cm³/mol. The summed E-state index contributed by atoms with van der Waals surface area (Å²) in [7, 11) is 0. The first-order valence-electron chi connectivity index (χ1n) is 4.12. The Kier molecular flexibility index (Phi) is 1.40. The van der Waals surface area contributed by atoms with E-state index in [0.717, 1.165) is 0 Å². The Morgan fingerprint density at radius 2 is 1.86 bits per heavy atom. The molecular formula is C8H5ClO5. The summed E-state index contributed by atoms with van der Waals surface area (Å²) >= 11 is 5.83. The molecule has 2 saturated heterocycles. The summed E-state index contributed by atoms with van der Waals surface area (Å²) in [5, 5.41) is 0.397. The van der Waals surface area contributed by atoms with Crippen molar-refractivity contribution in [1.29, 1.82) is 0 Å². The van der Waals surface area contributed by atoms with Gasteiger partial charge >= 0.3 is 12.1 Å². The Hall–Kier alpha value is -1.23. The summed E-state index contributed by atoms with van der Waals surface area (Å²) in [6.45, 7) is 0. The lowest BCUT2D eigenvalue weighted by Crippen LogP contribution is -2.54. The van der Waals surface area contributed by atoms with Crippen LogP contribution in [0.3, 0.4) is 0 Å². The number of carbonyl (C=O) groups excluding carboxylic acids is 2. The van der Waals surface area contributed by atoms with Gasteiger partial charge in [0.05, 0.1) is 5.03 Å². The third kappa shape index (κ3) is 0.850. The van der Waals surface area contributed by atoms with Crippen molar-refractivity contribution in [3.63, 3.8) is 0 Å². The molecule has 4 aliphatic rings. The Labute approximate surface area is 83.6 Å². The molecule has 0 radical (unpaired) electrons. The zero-order valence-corrected chi connectivity index (χ0v) is 7.56. The maximum atomic E-state index is 11.3. The topological polar surface area (TPSA) is 61.8 Å². The first-order chi connectivity index (χ1) is 6.66. The van der Waals surface area contributed by atoms with E-state index in [1.807, 2.05) is 0 Å². The second-order valence-electron chi connectivity index (χ2n) is 3.35. The molecule has 0 saturated carbocycles. The lowest BCUT2D eigenvalue weighted by molar-refractivity contribution is -0.171. The molecule has 4 rings (SSSR count). The van der Waals surface area contributed by atoms with Crippen LogP contribution < -0.4 is 0 Å². The van der Waals surface area contributed by atoms with Crippen molar-refractivity contribution in [2.75, 3.05) is 0 Å². The zero-order chi connectivity index (χ0) is 9.87. The molecule has 0 unspecified atom stereocenters. The van der Waals surface area contributed by atoms with E-state index in [-0.39, 0.29) is 0 Å². The lowest BCUT2D eigenvalue weighted by Gasteiger charge is -2.37. The number of rotatable bonds is 0. The highest BCUT2D eigenvalue weighted by Gasteiger charge is 2.58. The lowest BCUT2D eigenvalue weighted by atomic mass is 9.85. The number of halogens is 1. The van der Waals surface area contributed by atoms with Crippen LogP contribution in [0.25, 0.3) is 0 Å². The van der Waals surface area contributed by atoms with E-state index in [1.165, 1.54) is 0 Å². The molecule has 0 amide bonds. The highest BCUT2D eigenvalue weighted by atomic mass is 35.5. The highest BCUT2D eigenvalue weighted by Crippen LogP contribution is 2.41. The van der Waals surface area contributed by atoms with Crippen molar-refractivity contribution in [1.82, 2.24) is 0 Å². The fourth-order valence-electron chi connectivity index (χ4n) is 1.94. The van der Waals surface area contributed by atoms with Gasteiger partial charge in [-0.15, -0.1) is 0 Å². The summed E-state index contributed by atoms with van der Waals surface area (Å²) in [5.74, 6) is -1.04. The summed E-state index contributed by atoms with van der Waals surface area (Å²) in [6.07, 6.45) is -1.06. The molecule has 74 valence electrons. The standard InChI is InChI=1S/C8H5ClO5/c9-3-1-2-4-6(14-8(11)13-4)5(3)12-7(2)10/h1-2,4-6H/t2-,4-,5+,6-/m0/s1. The SMILES string of the molecule is O=C1O[C@@H]2[C@H](O1)[C@@H]1OC(=O)[C@H]2C=C1Cl. The molecule has 0 spiro atoms. The Morgan fingerprint density at radius 3 is 2.64 bits per heavy atom. The minimum atomic E-state index is -0.770. The minimum absolute atomic E-state index is 0.397. The maximum absolute atomic E-state index is 11.3. The molecule has 3 aliphatic heterocycles. The van der Waals surface area contributed by atoms with E-state index in [9.17, 15) is 9.59 Å². The second kappa shape index (κ2) is 2.42. The average Bonchev–Trinajstić information content (AvgIpc) is 2.50. The largest absolute Gasteiger partial charge is 0.509 e. The van der Waals surface area contributed by atoms with Crippen LogP contribution in [0.5, 0.6) is 0 Å². The van der Waals surface area contributed by atoms with Crippen molar-refractivity contribution in [3.8, 4) is 0 Å². The summed E-state index contributed by atoms with van der Waals surface area (Å²) in [6, 6.07) is 0. The monoisotopic (exact) mass is 216 g/mol. The van der Waals surface area contributed by atoms with Crippen molar-refractivity contribution in [2.45, 2.75) is 18.3 Å². The average molecular weight is 217 g/mol. The molecule has 0 aromatic carbocycles. The Bertz CT molecular complexity index is 363. The second-order valence-corrected chi connectivity index (χ2v) is 3.79. The highest BCUT2D eigenvalue weighted by molar-refractivity contribution is 6.30. The number of hydrogen-bond acceptors (Lipinski definition) is 5. The van der Waals surface area contributed by atoms with Gasteiger partial charge in [0.1, 0.15) is 5.92 Å². The molecule has 2 bridgehead atoms. The van der Waals surface area contributed by atoms with Crippen LogP contribution in [0.15, 0.2) is 11.1 Å². The van der Waals surface area contributed by atoms with Gasteiger partial charge in [-0.2, -0.15) is 0 Å². The first-order valence-corrected chi connectivity index (χ1v) is 4.49. The Morgan fingerprint density at radius 1 is 1.14 bits per heavy atom. The summed E-state index contributed by atoms with van der Waals surface area (Å²) in [4.78, 5) is 22.1. The van der Waals surface area contributed by atoms with Crippen molar-refractivity contribution in [3.05, 3.63) is 11.1 Å². The number of ether oxygens (including phenoxy) is 3. The summed E-state index contributed by atoms with van der Waals surface area (Å²) in [5.41, 5.74) is 0. The van der Waals surface area contributed by atoms with Crippen molar-refractivity contribution >= 4 is 23.7 Å². The fraction of sp³-hybridized carbons (Fsp3) is 0.500. The van der Waals surface area contributed by atoms with Crippen LogP contribution in [0.1, 0.15) is 0 Å². The van der Waals surface area contributed by atoms with Gasteiger partial charge in [-0.25, -0.2) is 4.79 Å². The van der Waals surface area contributed by atoms with Gasteiger partial charge in [0.25, 0.3) is 0 Å². The number of carbonyl (C=O) groups is 2. The molecule has 4 atom stereocenters. The van der Waals surface area contributed by atoms with E-state index >= 15 is 0 Å². The van der Waals surface area contributed by atoms with E-state index in [4.69, 9.17) is 25.8 Å². The van der Waals surface area contributed by atoms with E-state index in [2.05, 4.69) is 0 Å². The molecule has 0 N–H and O–H groups in total. The maximum Gasteiger partial charge on any atom is 0.509 e. The van der Waals surface area contributed by atoms with E-state index in [1.54, 1.807) is 6.08 Å². The molecule has 6 heteroatoms. The van der Waals surface area contributed by atoms with Crippen LogP contribution in [0, 0.1) is 5.92 Å². The molecule has 1 aliphatic carbocycles. The third-order valence-electron chi connectivity index (χ3n) is 2.57. The minimum Gasteiger partial charge on any atom is -0.452 e. The molecule has 14 heavy (non-hydrogen) atoms. The quantitative estimate of drug-likeness (QED) is 0.554. The van der Waals surface area contributed by atoms with E-state index < -0.39 is 36.4 Å². The van der Waals surface area contributed by atoms with Gasteiger partial charge in [0.15, 0.2) is 18.3 Å². The summed E-state index contributed by atoms with van der Waals surface area (Å²) < 4.78 is 14.7. The van der Waals surface area contributed by atoms with Gasteiger partial charge < -0.3 is 14.2 Å². The smallest absolute Gasteiger partial charge is 0.452 e.